The normalized spacial score (nSPS) is 24.6. The second-order valence-electron chi connectivity index (χ2n) is 4.38. The molecule has 0 radical (unpaired) electrons. The van der Waals surface area contributed by atoms with Crippen molar-refractivity contribution in [3.05, 3.63) is 23.1 Å². The molecule has 0 aromatic carbocycles. The van der Waals surface area contributed by atoms with Crippen molar-refractivity contribution in [1.82, 2.24) is 5.32 Å². The largest absolute Gasteiger partial charge is 0.445 e. The lowest BCUT2D eigenvalue weighted by molar-refractivity contribution is -0.0687. The molecule has 1 aliphatic rings. The molecule has 1 fully saturated rings. The molecule has 0 amide bonds. The van der Waals surface area contributed by atoms with E-state index in [1.807, 2.05) is 6.07 Å². The molecule has 1 atom stereocenters. The topological polar surface area (TPSA) is 34.4 Å². The van der Waals surface area contributed by atoms with E-state index in [1.165, 1.54) is 0 Å². The van der Waals surface area contributed by atoms with Gasteiger partial charge in [-0.25, -0.2) is 0 Å². The van der Waals surface area contributed by atoms with Gasteiger partial charge in [-0.05, 0) is 23.7 Å². The van der Waals surface area contributed by atoms with Gasteiger partial charge in [0, 0.05) is 12.0 Å². The summed E-state index contributed by atoms with van der Waals surface area (Å²) < 4.78 is 10.9. The Bertz CT molecular complexity index is 315. The zero-order chi connectivity index (χ0) is 10.2. The van der Waals surface area contributed by atoms with Crippen LogP contribution in [0.1, 0.15) is 25.8 Å². The maximum atomic E-state index is 5.69. The van der Waals surface area contributed by atoms with Crippen LogP contribution in [0.2, 0.25) is 5.22 Å². The molecule has 15 heavy (non-hydrogen) atoms. The molecule has 86 valence electrons. The number of hydrogen-bond donors (Lipinski definition) is 1. The Morgan fingerprint density at radius 2 is 2.20 bits per heavy atom. The first-order chi connectivity index (χ1) is 6.57. The summed E-state index contributed by atoms with van der Waals surface area (Å²) in [7, 11) is 0. The van der Waals surface area contributed by atoms with Crippen molar-refractivity contribution in [2.24, 2.45) is 5.41 Å². The summed E-state index contributed by atoms with van der Waals surface area (Å²) in [6, 6.07) is 3.56. The summed E-state index contributed by atoms with van der Waals surface area (Å²) >= 11 is 5.69. The minimum absolute atomic E-state index is 0. The van der Waals surface area contributed by atoms with E-state index in [9.17, 15) is 0 Å². The molecule has 5 heteroatoms. The van der Waals surface area contributed by atoms with E-state index in [0.717, 1.165) is 18.9 Å². The Morgan fingerprint density at radius 1 is 1.47 bits per heavy atom. The Morgan fingerprint density at radius 3 is 2.67 bits per heavy atom. The minimum Gasteiger partial charge on any atom is -0.445 e. The molecule has 1 aliphatic heterocycles. The molecule has 3 nitrogen and oxygen atoms in total. The van der Waals surface area contributed by atoms with Crippen molar-refractivity contribution >= 4 is 24.0 Å². The van der Waals surface area contributed by atoms with Gasteiger partial charge in [-0.3, -0.25) is 5.32 Å². The molecule has 0 bridgehead atoms. The monoisotopic (exact) mass is 251 g/mol. The molecule has 1 aromatic rings. The highest BCUT2D eigenvalue weighted by atomic mass is 35.5. The lowest BCUT2D eigenvalue weighted by Crippen LogP contribution is -2.42. The maximum Gasteiger partial charge on any atom is 0.193 e. The number of furan rings is 1. The number of hydrogen-bond acceptors (Lipinski definition) is 3. The van der Waals surface area contributed by atoms with Crippen LogP contribution in [0.25, 0.3) is 0 Å². The Labute approximate surface area is 101 Å². The van der Waals surface area contributed by atoms with Crippen LogP contribution < -0.4 is 5.32 Å². The van der Waals surface area contributed by atoms with Gasteiger partial charge in [0.15, 0.2) is 11.4 Å². The van der Waals surface area contributed by atoms with Crippen molar-refractivity contribution in [2.75, 3.05) is 13.2 Å². The quantitative estimate of drug-likeness (QED) is 0.834. The van der Waals surface area contributed by atoms with Gasteiger partial charge in [-0.1, -0.05) is 13.8 Å². The molecule has 1 saturated heterocycles. The third-order valence-electron chi connectivity index (χ3n) is 2.26. The fraction of sp³-hybridized carbons (Fsp3) is 0.600. The molecule has 0 saturated carbocycles. The molecule has 1 N–H and O–H groups in total. The SMILES string of the molecule is CC1(C)CNC(c2ccc(Cl)o2)OC1.Cl. The maximum absolute atomic E-state index is 5.69. The summed E-state index contributed by atoms with van der Waals surface area (Å²) in [5, 5.41) is 3.66. The molecule has 1 unspecified atom stereocenters. The van der Waals surface area contributed by atoms with Crippen LogP contribution in [0.15, 0.2) is 16.5 Å². The molecular weight excluding hydrogens is 237 g/mol. The third kappa shape index (κ3) is 3.11. The van der Waals surface area contributed by atoms with E-state index in [0.29, 0.717) is 5.22 Å². The third-order valence-corrected chi connectivity index (χ3v) is 2.46. The van der Waals surface area contributed by atoms with Gasteiger partial charge >= 0.3 is 0 Å². The Balaban J connectivity index is 0.00000112. The first kappa shape index (κ1) is 12.8. The summed E-state index contributed by atoms with van der Waals surface area (Å²) in [4.78, 5) is 0. The minimum atomic E-state index is -0.157. The Kier molecular flexibility index (Phi) is 4.06. The number of rotatable bonds is 1. The van der Waals surface area contributed by atoms with E-state index in [4.69, 9.17) is 20.8 Å². The van der Waals surface area contributed by atoms with Crippen LogP contribution in [0.4, 0.5) is 0 Å². The number of ether oxygens (including phenoxy) is 1. The van der Waals surface area contributed by atoms with Crippen molar-refractivity contribution in [3.8, 4) is 0 Å². The van der Waals surface area contributed by atoms with Crippen LogP contribution in [-0.2, 0) is 4.74 Å². The Hall–Kier alpha value is -0.220. The first-order valence-electron chi connectivity index (χ1n) is 4.67. The number of halogens is 2. The highest BCUT2D eigenvalue weighted by molar-refractivity contribution is 6.28. The highest BCUT2D eigenvalue weighted by Crippen LogP contribution is 2.28. The predicted octanol–water partition coefficient (Wildman–Crippen LogP) is 3.00. The lowest BCUT2D eigenvalue weighted by Gasteiger charge is -2.34. The molecule has 0 aliphatic carbocycles. The van der Waals surface area contributed by atoms with Crippen molar-refractivity contribution < 1.29 is 9.15 Å². The fourth-order valence-corrected chi connectivity index (χ4v) is 1.59. The van der Waals surface area contributed by atoms with E-state index < -0.39 is 0 Å². The highest BCUT2D eigenvalue weighted by Gasteiger charge is 2.29. The van der Waals surface area contributed by atoms with Crippen LogP contribution in [0.3, 0.4) is 0 Å². The van der Waals surface area contributed by atoms with Gasteiger partial charge < -0.3 is 9.15 Å². The molecule has 2 heterocycles. The molecular formula is C10H15Cl2NO2. The summed E-state index contributed by atoms with van der Waals surface area (Å²) in [6.45, 7) is 5.95. The van der Waals surface area contributed by atoms with E-state index in [1.54, 1.807) is 6.07 Å². The summed E-state index contributed by atoms with van der Waals surface area (Å²) in [6.07, 6.45) is -0.157. The van der Waals surface area contributed by atoms with Crippen molar-refractivity contribution in [1.29, 1.82) is 0 Å². The van der Waals surface area contributed by atoms with Crippen LogP contribution in [0, 0.1) is 5.41 Å². The van der Waals surface area contributed by atoms with Crippen molar-refractivity contribution in [2.45, 2.75) is 20.1 Å². The van der Waals surface area contributed by atoms with E-state index >= 15 is 0 Å². The van der Waals surface area contributed by atoms with Crippen molar-refractivity contribution in [3.63, 3.8) is 0 Å². The van der Waals surface area contributed by atoms with Crippen LogP contribution in [-0.4, -0.2) is 13.2 Å². The van der Waals surface area contributed by atoms with Gasteiger partial charge in [0.05, 0.1) is 6.61 Å². The zero-order valence-electron chi connectivity index (χ0n) is 8.75. The molecule has 2 rings (SSSR count). The second kappa shape index (κ2) is 4.74. The van der Waals surface area contributed by atoms with Gasteiger partial charge in [0.1, 0.15) is 5.76 Å². The van der Waals surface area contributed by atoms with Crippen LogP contribution >= 0.6 is 24.0 Å². The van der Waals surface area contributed by atoms with E-state index in [-0.39, 0.29) is 24.0 Å². The van der Waals surface area contributed by atoms with Gasteiger partial charge in [0.2, 0.25) is 0 Å². The average Bonchev–Trinajstić information content (AvgIpc) is 2.52. The van der Waals surface area contributed by atoms with E-state index in [2.05, 4.69) is 19.2 Å². The first-order valence-corrected chi connectivity index (χ1v) is 5.05. The second-order valence-corrected chi connectivity index (χ2v) is 4.75. The predicted molar refractivity (Wildman–Crippen MR) is 61.4 cm³/mol. The van der Waals surface area contributed by atoms with Gasteiger partial charge in [-0.15, -0.1) is 12.4 Å². The smallest absolute Gasteiger partial charge is 0.193 e. The van der Waals surface area contributed by atoms with Crippen LogP contribution in [0.5, 0.6) is 0 Å². The average molecular weight is 252 g/mol. The summed E-state index contributed by atoms with van der Waals surface area (Å²) in [5.41, 5.74) is 0.187. The van der Waals surface area contributed by atoms with Gasteiger partial charge in [-0.2, -0.15) is 0 Å². The molecule has 1 aromatic heterocycles. The number of nitrogens with one attached hydrogen (secondary N) is 1. The zero-order valence-corrected chi connectivity index (χ0v) is 10.3. The van der Waals surface area contributed by atoms with Gasteiger partial charge in [0.25, 0.3) is 0 Å². The fourth-order valence-electron chi connectivity index (χ4n) is 1.44. The lowest BCUT2D eigenvalue weighted by atomic mass is 9.93. The standard InChI is InChI=1S/C10H14ClNO2.ClH/c1-10(2)5-12-9(13-6-10)7-3-4-8(11)14-7;/h3-4,9,12H,5-6H2,1-2H3;1H. The summed E-state index contributed by atoms with van der Waals surface area (Å²) in [5.74, 6) is 0.741. The molecule has 0 spiro atoms.